The Morgan fingerprint density at radius 3 is 2.35 bits per heavy atom. The molecular weight excluding hydrogens is 249 g/mol. The normalized spacial score (nSPS) is 11.9. The fourth-order valence-corrected chi connectivity index (χ4v) is 1.13. The Bertz CT molecular complexity index is 407. The molecule has 9 heteroatoms. The molecule has 1 rings (SSSR count). The Kier molecular flexibility index (Phi) is 3.71. The molecule has 0 radical (unpaired) electrons. The molecule has 1 aromatic rings. The van der Waals surface area contributed by atoms with Crippen molar-refractivity contribution >= 4 is 5.82 Å². The van der Waals surface area contributed by atoms with Crippen LogP contribution in [0.3, 0.4) is 0 Å². The molecule has 4 nitrogen and oxygen atoms in total. The van der Waals surface area contributed by atoms with Gasteiger partial charge in [-0.25, -0.2) is 13.8 Å². The third kappa shape index (κ3) is 3.41. The van der Waals surface area contributed by atoms with Crippen LogP contribution in [0.4, 0.5) is 27.8 Å². The molecule has 0 saturated carbocycles. The van der Waals surface area contributed by atoms with Gasteiger partial charge in [0.1, 0.15) is 5.69 Å². The van der Waals surface area contributed by atoms with Crippen molar-refractivity contribution in [2.75, 3.05) is 5.73 Å². The van der Waals surface area contributed by atoms with Crippen molar-refractivity contribution in [1.29, 1.82) is 0 Å². The van der Waals surface area contributed by atoms with Crippen molar-refractivity contribution in [3.8, 4) is 5.75 Å². The molecule has 0 fully saturated rings. The molecule has 0 atom stereocenters. The van der Waals surface area contributed by atoms with Gasteiger partial charge in [0.25, 0.3) is 6.43 Å². The Labute approximate surface area is 92.4 Å². The average molecular weight is 257 g/mol. The van der Waals surface area contributed by atoms with Gasteiger partial charge in [-0.2, -0.15) is 0 Å². The first-order valence-electron chi connectivity index (χ1n) is 4.28. The van der Waals surface area contributed by atoms with Crippen molar-refractivity contribution in [1.82, 2.24) is 4.98 Å². The summed E-state index contributed by atoms with van der Waals surface area (Å²) < 4.78 is 64.2. The smallest absolute Gasteiger partial charge is 0.401 e. The van der Waals surface area contributed by atoms with E-state index in [9.17, 15) is 22.0 Å². The summed E-state index contributed by atoms with van der Waals surface area (Å²) in [7, 11) is 0. The van der Waals surface area contributed by atoms with E-state index in [1.165, 1.54) is 0 Å². The number of nitrogens with two attached hydrogens (primary N) is 2. The summed E-state index contributed by atoms with van der Waals surface area (Å²) in [4.78, 5) is 3.11. The molecule has 0 spiro atoms. The summed E-state index contributed by atoms with van der Waals surface area (Å²) in [5.41, 5.74) is 9.21. The number of pyridine rings is 1. The SMILES string of the molecule is NCc1cc(C(F)F)nc(N)c1OC(F)(F)F. The minimum atomic E-state index is -4.99. The van der Waals surface area contributed by atoms with Crippen molar-refractivity contribution in [2.24, 2.45) is 5.73 Å². The Hall–Kier alpha value is -1.64. The molecule has 17 heavy (non-hydrogen) atoms. The van der Waals surface area contributed by atoms with Crippen molar-refractivity contribution in [3.05, 3.63) is 17.3 Å². The van der Waals surface area contributed by atoms with Crippen LogP contribution < -0.4 is 16.2 Å². The number of halogens is 5. The van der Waals surface area contributed by atoms with Crippen LogP contribution in [0, 0.1) is 0 Å². The lowest BCUT2D eigenvalue weighted by molar-refractivity contribution is -0.274. The largest absolute Gasteiger partial charge is 0.573 e. The minimum Gasteiger partial charge on any atom is -0.401 e. The summed E-state index contributed by atoms with van der Waals surface area (Å²) >= 11 is 0. The number of anilines is 1. The van der Waals surface area contributed by atoms with Crippen LogP contribution in [0.5, 0.6) is 5.75 Å². The lowest BCUT2D eigenvalue weighted by atomic mass is 10.2. The van der Waals surface area contributed by atoms with Gasteiger partial charge < -0.3 is 16.2 Å². The second-order valence-corrected chi connectivity index (χ2v) is 2.97. The van der Waals surface area contributed by atoms with Gasteiger partial charge in [-0.05, 0) is 6.07 Å². The summed E-state index contributed by atoms with van der Waals surface area (Å²) in [6.07, 6.45) is -7.95. The highest BCUT2D eigenvalue weighted by atomic mass is 19.4. The first-order valence-corrected chi connectivity index (χ1v) is 4.28. The highest BCUT2D eigenvalue weighted by Crippen LogP contribution is 2.33. The third-order valence-electron chi connectivity index (χ3n) is 1.76. The molecule has 1 heterocycles. The van der Waals surface area contributed by atoms with E-state index in [4.69, 9.17) is 11.5 Å². The van der Waals surface area contributed by atoms with E-state index in [2.05, 4.69) is 9.72 Å². The first kappa shape index (κ1) is 13.4. The van der Waals surface area contributed by atoms with Gasteiger partial charge in [-0.3, -0.25) is 0 Å². The van der Waals surface area contributed by atoms with Crippen LogP contribution in [0.2, 0.25) is 0 Å². The molecule has 1 aromatic heterocycles. The molecule has 0 aliphatic heterocycles. The number of alkyl halides is 5. The van der Waals surface area contributed by atoms with E-state index < -0.39 is 36.6 Å². The number of ether oxygens (including phenoxy) is 1. The Balaban J connectivity index is 3.21. The van der Waals surface area contributed by atoms with E-state index in [-0.39, 0.29) is 5.56 Å². The Morgan fingerprint density at radius 1 is 1.35 bits per heavy atom. The quantitative estimate of drug-likeness (QED) is 0.812. The van der Waals surface area contributed by atoms with Crippen molar-refractivity contribution < 1.29 is 26.7 Å². The molecule has 0 aromatic carbocycles. The van der Waals surface area contributed by atoms with Crippen LogP contribution in [0.1, 0.15) is 17.7 Å². The van der Waals surface area contributed by atoms with Crippen LogP contribution in [-0.2, 0) is 6.54 Å². The van der Waals surface area contributed by atoms with Gasteiger partial charge in [-0.1, -0.05) is 0 Å². The van der Waals surface area contributed by atoms with Gasteiger partial charge in [0.2, 0.25) is 0 Å². The monoisotopic (exact) mass is 257 g/mol. The van der Waals surface area contributed by atoms with Crippen molar-refractivity contribution in [3.63, 3.8) is 0 Å². The van der Waals surface area contributed by atoms with Crippen LogP contribution in [0.15, 0.2) is 6.07 Å². The summed E-state index contributed by atoms with van der Waals surface area (Å²) in [5, 5.41) is 0. The second-order valence-electron chi connectivity index (χ2n) is 2.97. The van der Waals surface area contributed by atoms with Crippen LogP contribution in [0.25, 0.3) is 0 Å². The van der Waals surface area contributed by atoms with Crippen molar-refractivity contribution in [2.45, 2.75) is 19.3 Å². The molecule has 0 saturated heterocycles. The van der Waals surface area contributed by atoms with E-state index in [1.54, 1.807) is 0 Å². The van der Waals surface area contributed by atoms with Crippen LogP contribution >= 0.6 is 0 Å². The fourth-order valence-electron chi connectivity index (χ4n) is 1.13. The maximum absolute atomic E-state index is 12.3. The molecule has 0 amide bonds. The number of aromatic nitrogens is 1. The predicted molar refractivity (Wildman–Crippen MR) is 48.2 cm³/mol. The molecule has 96 valence electrons. The molecule has 0 aliphatic carbocycles. The molecule has 0 bridgehead atoms. The number of nitrogen functional groups attached to an aromatic ring is 1. The zero-order chi connectivity index (χ0) is 13.2. The zero-order valence-corrected chi connectivity index (χ0v) is 8.26. The Morgan fingerprint density at radius 2 is 1.94 bits per heavy atom. The highest BCUT2D eigenvalue weighted by molar-refractivity contribution is 5.52. The number of hydrogen-bond acceptors (Lipinski definition) is 4. The van der Waals surface area contributed by atoms with Gasteiger partial charge in [0, 0.05) is 12.1 Å². The molecule has 0 aliphatic rings. The van der Waals surface area contributed by atoms with Gasteiger partial charge >= 0.3 is 6.36 Å². The fraction of sp³-hybridized carbons (Fsp3) is 0.375. The number of hydrogen-bond donors (Lipinski definition) is 2. The minimum absolute atomic E-state index is 0.287. The average Bonchev–Trinajstić information content (AvgIpc) is 2.18. The lowest BCUT2D eigenvalue weighted by Crippen LogP contribution is -2.20. The molecule has 4 N–H and O–H groups in total. The van der Waals surface area contributed by atoms with E-state index in [1.807, 2.05) is 0 Å². The topological polar surface area (TPSA) is 74.2 Å². The van der Waals surface area contributed by atoms with Gasteiger partial charge in [0.15, 0.2) is 11.6 Å². The third-order valence-corrected chi connectivity index (χ3v) is 1.76. The zero-order valence-electron chi connectivity index (χ0n) is 8.26. The number of rotatable bonds is 3. The van der Waals surface area contributed by atoms with E-state index in [0.29, 0.717) is 0 Å². The van der Waals surface area contributed by atoms with Crippen LogP contribution in [-0.4, -0.2) is 11.3 Å². The van der Waals surface area contributed by atoms with Gasteiger partial charge in [0.05, 0.1) is 0 Å². The second kappa shape index (κ2) is 4.70. The maximum atomic E-state index is 12.3. The predicted octanol–water partition coefficient (Wildman–Crippen LogP) is 1.96. The van der Waals surface area contributed by atoms with E-state index >= 15 is 0 Å². The van der Waals surface area contributed by atoms with Gasteiger partial charge in [-0.15, -0.1) is 13.2 Å². The summed E-state index contributed by atoms with van der Waals surface area (Å²) in [6.45, 7) is -0.433. The highest BCUT2D eigenvalue weighted by Gasteiger charge is 2.33. The molecular formula is C8H8F5N3O. The summed E-state index contributed by atoms with van der Waals surface area (Å²) in [5.74, 6) is -1.62. The first-order chi connectivity index (χ1) is 7.74. The standard InChI is InChI=1S/C8H8F5N3O/c9-6(10)4-1-3(2-14)5(7(15)16-4)17-8(11,12)13/h1,6H,2,14H2,(H2,15,16). The van der Waals surface area contributed by atoms with E-state index in [0.717, 1.165) is 6.07 Å². The molecule has 0 unspecified atom stereocenters. The summed E-state index contributed by atoms with van der Waals surface area (Å²) in [6, 6.07) is 0.724. The maximum Gasteiger partial charge on any atom is 0.573 e. The lowest BCUT2D eigenvalue weighted by Gasteiger charge is -2.15. The number of nitrogens with zero attached hydrogens (tertiary/aromatic N) is 1.